The number of benzene rings is 2. The average Bonchev–Trinajstić information content (AvgIpc) is 3.03. The lowest BCUT2D eigenvalue weighted by atomic mass is 10.1. The molecule has 4 nitrogen and oxygen atoms in total. The molecule has 1 heterocycles. The van der Waals surface area contributed by atoms with Crippen molar-refractivity contribution < 1.29 is 9.59 Å². The molecule has 1 aliphatic heterocycles. The first-order valence-corrected chi connectivity index (χ1v) is 8.34. The minimum Gasteiger partial charge on any atom is -0.347 e. The number of rotatable bonds is 5. The summed E-state index contributed by atoms with van der Waals surface area (Å²) in [6.45, 7) is 2.79. The summed E-state index contributed by atoms with van der Waals surface area (Å²) in [5.41, 5.74) is 4.50. The first kappa shape index (κ1) is 16.2. The van der Waals surface area contributed by atoms with E-state index in [-0.39, 0.29) is 18.4 Å². The molecule has 0 spiro atoms. The van der Waals surface area contributed by atoms with Crippen LogP contribution in [-0.4, -0.2) is 24.9 Å². The summed E-state index contributed by atoms with van der Waals surface area (Å²) < 4.78 is 0. The van der Waals surface area contributed by atoms with Crippen LogP contribution in [0.3, 0.4) is 0 Å². The maximum atomic E-state index is 12.3. The molecule has 2 amide bonds. The van der Waals surface area contributed by atoms with Gasteiger partial charge in [-0.3, -0.25) is 9.59 Å². The van der Waals surface area contributed by atoms with Gasteiger partial charge < -0.3 is 10.2 Å². The van der Waals surface area contributed by atoms with Crippen LogP contribution in [0.5, 0.6) is 0 Å². The van der Waals surface area contributed by atoms with Gasteiger partial charge in [-0.25, -0.2) is 0 Å². The fourth-order valence-electron chi connectivity index (χ4n) is 2.97. The van der Waals surface area contributed by atoms with E-state index in [9.17, 15) is 9.59 Å². The molecule has 4 heteroatoms. The topological polar surface area (TPSA) is 49.4 Å². The van der Waals surface area contributed by atoms with Crippen molar-refractivity contribution in [3.05, 3.63) is 65.2 Å². The van der Waals surface area contributed by atoms with Gasteiger partial charge in [0.1, 0.15) is 0 Å². The van der Waals surface area contributed by atoms with Crippen molar-refractivity contribution in [2.75, 3.05) is 18.0 Å². The highest BCUT2D eigenvalue weighted by Gasteiger charge is 2.23. The van der Waals surface area contributed by atoms with E-state index in [4.69, 9.17) is 0 Å². The van der Waals surface area contributed by atoms with Gasteiger partial charge in [0.05, 0.1) is 6.54 Å². The van der Waals surface area contributed by atoms with E-state index >= 15 is 0 Å². The molecule has 2 aromatic carbocycles. The zero-order valence-electron chi connectivity index (χ0n) is 13.9. The first-order chi connectivity index (χ1) is 11.6. The van der Waals surface area contributed by atoms with Gasteiger partial charge in [0.2, 0.25) is 11.8 Å². The standard InChI is InChI=1S/C20H22N2O2/c1-15-6-8-16(9-7-15)10-11-19(23)21-14-20(24)22-13-12-17-4-2-3-5-18(17)22/h2-9H,10-14H2,1H3,(H,21,23). The predicted molar refractivity (Wildman–Crippen MR) is 95.0 cm³/mol. The molecule has 0 saturated carbocycles. The SMILES string of the molecule is Cc1ccc(CCC(=O)NCC(=O)N2CCc3ccccc32)cc1. The summed E-state index contributed by atoms with van der Waals surface area (Å²) >= 11 is 0. The third-order valence-electron chi connectivity index (χ3n) is 4.39. The van der Waals surface area contributed by atoms with Crippen molar-refractivity contribution in [3.8, 4) is 0 Å². The lowest BCUT2D eigenvalue weighted by molar-refractivity contribution is -0.124. The summed E-state index contributed by atoms with van der Waals surface area (Å²) in [4.78, 5) is 26.1. The molecule has 0 atom stereocenters. The van der Waals surface area contributed by atoms with E-state index in [0.717, 1.165) is 17.7 Å². The number of carbonyl (C=O) groups is 2. The maximum Gasteiger partial charge on any atom is 0.246 e. The van der Waals surface area contributed by atoms with Crippen LogP contribution in [0.25, 0.3) is 0 Å². The van der Waals surface area contributed by atoms with Gasteiger partial charge in [-0.05, 0) is 37.0 Å². The Labute approximate surface area is 142 Å². The second kappa shape index (κ2) is 7.30. The minimum atomic E-state index is -0.0867. The zero-order chi connectivity index (χ0) is 16.9. The lowest BCUT2D eigenvalue weighted by Crippen LogP contribution is -2.39. The monoisotopic (exact) mass is 322 g/mol. The Morgan fingerprint density at radius 1 is 1.08 bits per heavy atom. The largest absolute Gasteiger partial charge is 0.347 e. The molecule has 3 rings (SSSR count). The van der Waals surface area contributed by atoms with Crippen LogP contribution in [0.15, 0.2) is 48.5 Å². The Balaban J connectivity index is 1.46. The van der Waals surface area contributed by atoms with Crippen LogP contribution in [0, 0.1) is 6.92 Å². The molecule has 2 aromatic rings. The van der Waals surface area contributed by atoms with Gasteiger partial charge in [0.25, 0.3) is 0 Å². The van der Waals surface area contributed by atoms with Crippen molar-refractivity contribution in [2.45, 2.75) is 26.2 Å². The quantitative estimate of drug-likeness (QED) is 0.920. The van der Waals surface area contributed by atoms with Gasteiger partial charge in [-0.2, -0.15) is 0 Å². The van der Waals surface area contributed by atoms with E-state index in [1.165, 1.54) is 11.1 Å². The van der Waals surface area contributed by atoms with Crippen molar-refractivity contribution >= 4 is 17.5 Å². The second-order valence-electron chi connectivity index (χ2n) is 6.19. The summed E-state index contributed by atoms with van der Waals surface area (Å²) in [7, 11) is 0. The van der Waals surface area contributed by atoms with Crippen LogP contribution < -0.4 is 10.2 Å². The number of nitrogens with zero attached hydrogens (tertiary/aromatic N) is 1. The number of nitrogens with one attached hydrogen (secondary N) is 1. The van der Waals surface area contributed by atoms with E-state index < -0.39 is 0 Å². The third kappa shape index (κ3) is 3.82. The Morgan fingerprint density at radius 3 is 2.62 bits per heavy atom. The highest BCUT2D eigenvalue weighted by molar-refractivity contribution is 5.98. The van der Waals surface area contributed by atoms with E-state index in [0.29, 0.717) is 19.4 Å². The van der Waals surface area contributed by atoms with Crippen LogP contribution in [0.1, 0.15) is 23.1 Å². The Morgan fingerprint density at radius 2 is 1.83 bits per heavy atom. The summed E-state index contributed by atoms with van der Waals surface area (Å²) in [5, 5.41) is 2.74. The van der Waals surface area contributed by atoms with Gasteiger partial charge in [0, 0.05) is 18.7 Å². The smallest absolute Gasteiger partial charge is 0.246 e. The van der Waals surface area contributed by atoms with Gasteiger partial charge in [0.15, 0.2) is 0 Å². The van der Waals surface area contributed by atoms with Gasteiger partial charge in [-0.15, -0.1) is 0 Å². The number of fused-ring (bicyclic) bond motifs is 1. The van der Waals surface area contributed by atoms with E-state index in [1.54, 1.807) is 4.90 Å². The number of carbonyl (C=O) groups excluding carboxylic acids is 2. The molecule has 0 unspecified atom stereocenters. The lowest BCUT2D eigenvalue weighted by Gasteiger charge is -2.17. The van der Waals surface area contributed by atoms with Crippen molar-refractivity contribution in [1.29, 1.82) is 0 Å². The van der Waals surface area contributed by atoms with Crippen LogP contribution in [-0.2, 0) is 22.4 Å². The Bertz CT molecular complexity index is 738. The molecule has 0 saturated heterocycles. The normalized spacial score (nSPS) is 12.8. The van der Waals surface area contributed by atoms with Gasteiger partial charge in [-0.1, -0.05) is 48.0 Å². The van der Waals surface area contributed by atoms with Crippen LogP contribution in [0.4, 0.5) is 5.69 Å². The van der Waals surface area contributed by atoms with Gasteiger partial charge >= 0.3 is 0 Å². The number of anilines is 1. The Hall–Kier alpha value is -2.62. The number of hydrogen-bond acceptors (Lipinski definition) is 2. The molecule has 0 radical (unpaired) electrons. The molecule has 0 fully saturated rings. The molecule has 1 N–H and O–H groups in total. The second-order valence-corrected chi connectivity index (χ2v) is 6.19. The van der Waals surface area contributed by atoms with Crippen molar-refractivity contribution in [3.63, 3.8) is 0 Å². The first-order valence-electron chi connectivity index (χ1n) is 8.34. The third-order valence-corrected chi connectivity index (χ3v) is 4.39. The molecular formula is C20H22N2O2. The average molecular weight is 322 g/mol. The van der Waals surface area contributed by atoms with Crippen molar-refractivity contribution in [2.24, 2.45) is 0 Å². The molecule has 24 heavy (non-hydrogen) atoms. The molecular weight excluding hydrogens is 300 g/mol. The summed E-state index contributed by atoms with van der Waals surface area (Å²) in [5.74, 6) is -0.139. The molecule has 0 aliphatic carbocycles. The fraction of sp³-hybridized carbons (Fsp3) is 0.300. The number of hydrogen-bond donors (Lipinski definition) is 1. The minimum absolute atomic E-state index is 0.0522. The van der Waals surface area contributed by atoms with Crippen LogP contribution in [0.2, 0.25) is 0 Å². The predicted octanol–water partition coefficient (Wildman–Crippen LogP) is 2.63. The zero-order valence-corrected chi connectivity index (χ0v) is 13.9. The fourth-order valence-corrected chi connectivity index (χ4v) is 2.97. The highest BCUT2D eigenvalue weighted by Crippen LogP contribution is 2.27. The highest BCUT2D eigenvalue weighted by atomic mass is 16.2. The summed E-state index contributed by atoms with van der Waals surface area (Å²) in [6, 6.07) is 16.1. The molecule has 124 valence electrons. The summed E-state index contributed by atoms with van der Waals surface area (Å²) in [6.07, 6.45) is 1.96. The van der Waals surface area contributed by atoms with Crippen LogP contribution >= 0.6 is 0 Å². The van der Waals surface area contributed by atoms with E-state index in [1.807, 2.05) is 55.5 Å². The molecule has 1 aliphatic rings. The molecule has 0 bridgehead atoms. The van der Waals surface area contributed by atoms with E-state index in [2.05, 4.69) is 5.32 Å². The number of para-hydroxylation sites is 1. The molecule has 0 aromatic heterocycles. The Kier molecular flexibility index (Phi) is 4.94. The van der Waals surface area contributed by atoms with Crippen molar-refractivity contribution in [1.82, 2.24) is 5.32 Å². The number of amides is 2. The number of aryl methyl sites for hydroxylation is 2. The maximum absolute atomic E-state index is 12.3.